The highest BCUT2D eigenvalue weighted by Gasteiger charge is 2.68. The number of benzene rings is 2. The Hall–Kier alpha value is -1.92. The van der Waals surface area contributed by atoms with Crippen LogP contribution in [0.4, 0.5) is 0 Å². The van der Waals surface area contributed by atoms with Crippen molar-refractivity contribution < 1.29 is 18.9 Å². The average Bonchev–Trinajstić information content (AvgIpc) is 3.31. The number of rotatable bonds is 3. The van der Waals surface area contributed by atoms with E-state index in [1.807, 2.05) is 36.4 Å². The summed E-state index contributed by atoms with van der Waals surface area (Å²) in [6.07, 6.45) is -0.489. The van der Waals surface area contributed by atoms with Gasteiger partial charge >= 0.3 is 0 Å². The molecule has 0 N–H and O–H groups in total. The Morgan fingerprint density at radius 1 is 0.923 bits per heavy atom. The van der Waals surface area contributed by atoms with Gasteiger partial charge in [-0.2, -0.15) is 0 Å². The highest BCUT2D eigenvalue weighted by molar-refractivity contribution is 5.35. The molecule has 0 aromatic heterocycles. The summed E-state index contributed by atoms with van der Waals surface area (Å²) in [5.41, 5.74) is 1.04. The van der Waals surface area contributed by atoms with Gasteiger partial charge in [-0.05, 0) is 37.1 Å². The van der Waals surface area contributed by atoms with Crippen molar-refractivity contribution >= 4 is 0 Å². The minimum absolute atomic E-state index is 0.105. The zero-order valence-electron chi connectivity index (χ0n) is 15.2. The molecule has 3 aliphatic heterocycles. The number of nitrogens with zero attached hydrogens (tertiary/aromatic N) is 1. The van der Waals surface area contributed by atoms with E-state index in [1.165, 1.54) is 0 Å². The van der Waals surface area contributed by atoms with E-state index in [4.69, 9.17) is 18.9 Å². The number of hydrogen-bond acceptors (Lipinski definition) is 5. The maximum atomic E-state index is 6.67. The van der Waals surface area contributed by atoms with Crippen LogP contribution >= 0.6 is 0 Å². The van der Waals surface area contributed by atoms with E-state index in [0.717, 1.165) is 16.9 Å². The van der Waals surface area contributed by atoms with Crippen molar-refractivity contribution in [1.82, 2.24) is 4.90 Å². The highest BCUT2D eigenvalue weighted by Crippen LogP contribution is 2.55. The molecule has 5 atom stereocenters. The van der Waals surface area contributed by atoms with Crippen LogP contribution in [0.5, 0.6) is 5.75 Å². The quantitative estimate of drug-likeness (QED) is 0.847. The van der Waals surface area contributed by atoms with Crippen LogP contribution in [0, 0.1) is 0 Å². The SMILES string of the molecule is COc1cccc([C@]2(C)O[C@@H]3CO[C@H]4N3[C@@H]2O[C@@]4(C)c2ccccc2)c1. The van der Waals surface area contributed by atoms with E-state index in [9.17, 15) is 0 Å². The van der Waals surface area contributed by atoms with E-state index < -0.39 is 11.2 Å². The number of methoxy groups -OCH3 is 1. The Kier molecular flexibility index (Phi) is 3.46. The van der Waals surface area contributed by atoms with Crippen LogP contribution in [0.25, 0.3) is 0 Å². The summed E-state index contributed by atoms with van der Waals surface area (Å²) < 4.78 is 24.6. The second kappa shape index (κ2) is 5.54. The molecule has 2 aromatic rings. The minimum atomic E-state index is -0.590. The standard InChI is InChI=1S/C21H23NO4/c1-20(14-8-5-4-6-9-14)18-22-17(13-24-18)25-21(2,19(22)26-20)15-10-7-11-16(12-15)23-3/h4-12,17-19H,13H2,1-3H3/t17-,18-,19-,20+,21+/m1/s1. The summed E-state index contributed by atoms with van der Waals surface area (Å²) in [6, 6.07) is 18.3. The second-order valence-electron chi connectivity index (χ2n) is 7.49. The lowest BCUT2D eigenvalue weighted by Crippen LogP contribution is -2.40. The average molecular weight is 353 g/mol. The van der Waals surface area contributed by atoms with Gasteiger partial charge in [-0.15, -0.1) is 0 Å². The van der Waals surface area contributed by atoms with Crippen LogP contribution in [0.2, 0.25) is 0 Å². The van der Waals surface area contributed by atoms with Crippen LogP contribution in [0.15, 0.2) is 54.6 Å². The lowest BCUT2D eigenvalue weighted by Gasteiger charge is -2.33. The number of hydrogen-bond donors (Lipinski definition) is 0. The Bertz CT molecular complexity index is 828. The normalized spacial score (nSPS) is 38.5. The first kappa shape index (κ1) is 16.3. The lowest BCUT2D eigenvalue weighted by molar-refractivity contribution is -0.138. The van der Waals surface area contributed by atoms with Gasteiger partial charge in [0.2, 0.25) is 0 Å². The molecule has 5 nitrogen and oxygen atoms in total. The predicted molar refractivity (Wildman–Crippen MR) is 95.5 cm³/mol. The highest BCUT2D eigenvalue weighted by atomic mass is 16.7. The summed E-state index contributed by atoms with van der Waals surface area (Å²) in [4.78, 5) is 2.24. The zero-order chi connectivity index (χ0) is 17.9. The minimum Gasteiger partial charge on any atom is -0.497 e. The maximum Gasteiger partial charge on any atom is 0.149 e. The van der Waals surface area contributed by atoms with Gasteiger partial charge in [0.25, 0.3) is 0 Å². The predicted octanol–water partition coefficient (Wildman–Crippen LogP) is 3.20. The van der Waals surface area contributed by atoms with Crippen LogP contribution < -0.4 is 4.74 Å². The van der Waals surface area contributed by atoms with Gasteiger partial charge in [0.1, 0.15) is 35.6 Å². The summed E-state index contributed by atoms with van der Waals surface area (Å²) in [5, 5.41) is 0. The molecule has 26 heavy (non-hydrogen) atoms. The molecule has 3 fully saturated rings. The Morgan fingerprint density at radius 3 is 2.42 bits per heavy atom. The van der Waals surface area contributed by atoms with Crippen molar-refractivity contribution in [3.63, 3.8) is 0 Å². The molecule has 0 amide bonds. The van der Waals surface area contributed by atoms with Gasteiger partial charge in [0.15, 0.2) is 0 Å². The zero-order valence-corrected chi connectivity index (χ0v) is 15.2. The summed E-state index contributed by atoms with van der Waals surface area (Å²) in [5.74, 6) is 0.816. The van der Waals surface area contributed by atoms with Crippen LogP contribution in [-0.2, 0) is 25.4 Å². The van der Waals surface area contributed by atoms with Gasteiger partial charge < -0.3 is 18.9 Å². The van der Waals surface area contributed by atoms with Crippen molar-refractivity contribution in [3.8, 4) is 5.75 Å². The summed E-state index contributed by atoms with van der Waals surface area (Å²) in [6.45, 7) is 4.75. The topological polar surface area (TPSA) is 40.2 Å². The van der Waals surface area contributed by atoms with Crippen LogP contribution in [0.3, 0.4) is 0 Å². The molecular formula is C21H23NO4. The smallest absolute Gasteiger partial charge is 0.149 e. The third-order valence-corrected chi connectivity index (χ3v) is 5.94. The Labute approximate surface area is 153 Å². The van der Waals surface area contributed by atoms with Crippen molar-refractivity contribution in [2.45, 2.75) is 43.7 Å². The molecule has 0 bridgehead atoms. The van der Waals surface area contributed by atoms with Gasteiger partial charge in [-0.3, -0.25) is 0 Å². The van der Waals surface area contributed by atoms with Gasteiger partial charge in [0.05, 0.1) is 13.7 Å². The molecule has 3 aliphatic rings. The Balaban J connectivity index is 1.57. The second-order valence-corrected chi connectivity index (χ2v) is 7.49. The lowest BCUT2D eigenvalue weighted by atomic mass is 9.94. The summed E-state index contributed by atoms with van der Waals surface area (Å²) in [7, 11) is 1.68. The molecule has 3 saturated heterocycles. The molecule has 5 heteroatoms. The van der Waals surface area contributed by atoms with Gasteiger partial charge in [0, 0.05) is 0 Å². The molecule has 0 aliphatic carbocycles. The molecule has 3 heterocycles. The van der Waals surface area contributed by atoms with Crippen molar-refractivity contribution in [2.75, 3.05) is 13.7 Å². The maximum absolute atomic E-state index is 6.67. The molecular weight excluding hydrogens is 330 g/mol. The van der Waals surface area contributed by atoms with E-state index in [0.29, 0.717) is 6.61 Å². The van der Waals surface area contributed by atoms with E-state index in [2.05, 4.69) is 36.9 Å². The van der Waals surface area contributed by atoms with Gasteiger partial charge in [-0.1, -0.05) is 42.5 Å². The third kappa shape index (κ3) is 2.06. The first-order valence-electron chi connectivity index (χ1n) is 9.01. The van der Waals surface area contributed by atoms with Gasteiger partial charge in [-0.25, -0.2) is 4.90 Å². The fourth-order valence-corrected chi connectivity index (χ4v) is 4.52. The monoisotopic (exact) mass is 353 g/mol. The molecule has 0 unspecified atom stereocenters. The first-order valence-corrected chi connectivity index (χ1v) is 9.01. The van der Waals surface area contributed by atoms with Crippen molar-refractivity contribution in [3.05, 3.63) is 65.7 Å². The van der Waals surface area contributed by atoms with Crippen molar-refractivity contribution in [1.29, 1.82) is 0 Å². The van der Waals surface area contributed by atoms with E-state index >= 15 is 0 Å². The van der Waals surface area contributed by atoms with Crippen LogP contribution in [0.1, 0.15) is 25.0 Å². The molecule has 0 spiro atoms. The fourth-order valence-electron chi connectivity index (χ4n) is 4.52. The molecule has 5 rings (SSSR count). The van der Waals surface area contributed by atoms with E-state index in [1.54, 1.807) is 7.11 Å². The van der Waals surface area contributed by atoms with E-state index in [-0.39, 0.29) is 18.7 Å². The number of ether oxygens (including phenoxy) is 4. The largest absolute Gasteiger partial charge is 0.497 e. The molecule has 2 aromatic carbocycles. The first-order chi connectivity index (χ1) is 12.6. The van der Waals surface area contributed by atoms with Crippen molar-refractivity contribution in [2.24, 2.45) is 0 Å². The third-order valence-electron chi connectivity index (χ3n) is 5.94. The van der Waals surface area contributed by atoms with Crippen LogP contribution in [-0.4, -0.2) is 37.3 Å². The fraction of sp³-hybridized carbons (Fsp3) is 0.429. The molecule has 0 radical (unpaired) electrons. The Morgan fingerprint density at radius 2 is 1.65 bits per heavy atom. The molecule has 136 valence electrons. The molecule has 0 saturated carbocycles. The summed E-state index contributed by atoms with van der Waals surface area (Å²) >= 11 is 0.